The minimum Gasteiger partial charge on any atom is -0.374 e. The van der Waals surface area contributed by atoms with Crippen molar-refractivity contribution in [2.75, 3.05) is 18.2 Å². The number of carbonyl (C=O) groups excluding carboxylic acids is 1. The van der Waals surface area contributed by atoms with E-state index in [9.17, 15) is 30.8 Å². The SMILES string of the molecule is CS(=O)(=O)c1cc([C@@H]2CCCO2)ccc1Nc1cc(CC(=O)[C@H]2CC2(F)F)nc2c1N=C(C(F)F)C2. The summed E-state index contributed by atoms with van der Waals surface area (Å²) in [5, 5.41) is 2.96. The van der Waals surface area contributed by atoms with Crippen LogP contribution in [0.5, 0.6) is 0 Å². The molecule has 3 aliphatic rings. The Hall–Kier alpha value is -2.86. The Kier molecular flexibility index (Phi) is 6.14. The Morgan fingerprint density at radius 1 is 1.25 bits per heavy atom. The smallest absolute Gasteiger partial charge is 0.277 e. The highest BCUT2D eigenvalue weighted by molar-refractivity contribution is 7.90. The monoisotopic (exact) mass is 525 g/mol. The van der Waals surface area contributed by atoms with Gasteiger partial charge in [0.15, 0.2) is 9.84 Å². The molecule has 1 saturated carbocycles. The lowest BCUT2D eigenvalue weighted by Gasteiger charge is -2.17. The van der Waals surface area contributed by atoms with Gasteiger partial charge >= 0.3 is 0 Å². The number of alkyl halides is 4. The summed E-state index contributed by atoms with van der Waals surface area (Å²) in [5.41, 5.74) is 1.00. The zero-order valence-electron chi connectivity index (χ0n) is 19.2. The molecular formula is C24H23F4N3O4S. The first-order valence-electron chi connectivity index (χ1n) is 11.4. The Balaban J connectivity index is 1.52. The second kappa shape index (κ2) is 8.91. The van der Waals surface area contributed by atoms with Gasteiger partial charge in [0.2, 0.25) is 0 Å². The maximum Gasteiger partial charge on any atom is 0.277 e. The lowest BCUT2D eigenvalue weighted by molar-refractivity contribution is -0.121. The van der Waals surface area contributed by atoms with Crippen molar-refractivity contribution in [2.45, 2.75) is 55.5 Å². The van der Waals surface area contributed by atoms with Gasteiger partial charge in [0, 0.05) is 32.1 Å². The van der Waals surface area contributed by atoms with Gasteiger partial charge in [-0.3, -0.25) is 9.78 Å². The number of pyridine rings is 1. The van der Waals surface area contributed by atoms with Crippen molar-refractivity contribution >= 4 is 38.4 Å². The minimum atomic E-state index is -3.72. The zero-order chi connectivity index (χ0) is 25.8. The van der Waals surface area contributed by atoms with Crippen LogP contribution in [0.1, 0.15) is 42.3 Å². The number of fused-ring (bicyclic) bond motifs is 1. The fourth-order valence-electron chi connectivity index (χ4n) is 4.56. The van der Waals surface area contributed by atoms with Gasteiger partial charge in [-0.05, 0) is 36.6 Å². The number of ether oxygens (including phenoxy) is 1. The second-order valence-corrected chi connectivity index (χ2v) is 11.3. The van der Waals surface area contributed by atoms with Crippen LogP contribution in [0, 0.1) is 5.92 Å². The molecule has 0 radical (unpaired) electrons. The van der Waals surface area contributed by atoms with Crippen molar-refractivity contribution in [2.24, 2.45) is 10.9 Å². The molecule has 2 aromatic rings. The average Bonchev–Trinajstić information content (AvgIpc) is 3.19. The van der Waals surface area contributed by atoms with Gasteiger partial charge in [0.25, 0.3) is 12.3 Å². The Morgan fingerprint density at radius 3 is 2.61 bits per heavy atom. The van der Waals surface area contributed by atoms with E-state index in [1.807, 2.05) is 0 Å². The van der Waals surface area contributed by atoms with Crippen LogP contribution in [0.4, 0.5) is 34.6 Å². The van der Waals surface area contributed by atoms with E-state index in [-0.39, 0.29) is 45.9 Å². The minimum absolute atomic E-state index is 0.0210. The molecule has 12 heteroatoms. The normalized spacial score (nSPS) is 22.4. The van der Waals surface area contributed by atoms with E-state index < -0.39 is 52.4 Å². The summed E-state index contributed by atoms with van der Waals surface area (Å²) in [4.78, 5) is 20.5. The predicted octanol–water partition coefficient (Wildman–Crippen LogP) is 4.74. The van der Waals surface area contributed by atoms with Gasteiger partial charge in [-0.15, -0.1) is 0 Å². The zero-order valence-corrected chi connectivity index (χ0v) is 20.0. The van der Waals surface area contributed by atoms with Crippen molar-refractivity contribution in [3.63, 3.8) is 0 Å². The number of sulfone groups is 1. The van der Waals surface area contributed by atoms with Gasteiger partial charge in [-0.25, -0.2) is 31.0 Å². The quantitative estimate of drug-likeness (QED) is 0.500. The third kappa shape index (κ3) is 4.88. The molecule has 0 spiro atoms. The van der Waals surface area contributed by atoms with E-state index >= 15 is 0 Å². The number of hydrogen-bond donors (Lipinski definition) is 1. The number of benzene rings is 1. The molecule has 3 heterocycles. The molecule has 1 aliphatic carbocycles. The number of rotatable bonds is 8. The predicted molar refractivity (Wildman–Crippen MR) is 124 cm³/mol. The standard InChI is InChI=1S/C24H23F4N3O4S/c1-36(33,34)21-7-12(20-3-2-6-35-20)4-5-15(21)30-16-8-13(9-19(32)14-11-24(14,27)28)29-17-10-18(23(25)26)31-22(16)17/h4-5,7-8,14,20,23H,2-3,6,9-11H2,1H3,(H,29,30)/t14-,20+/m1/s1. The lowest BCUT2D eigenvalue weighted by Crippen LogP contribution is -2.13. The number of aromatic nitrogens is 1. The fraction of sp³-hybridized carbons (Fsp3) is 0.458. The molecule has 36 heavy (non-hydrogen) atoms. The van der Waals surface area contributed by atoms with Gasteiger partial charge < -0.3 is 10.1 Å². The van der Waals surface area contributed by atoms with E-state index in [2.05, 4.69) is 15.3 Å². The number of nitrogens with zero attached hydrogens (tertiary/aromatic N) is 2. The summed E-state index contributed by atoms with van der Waals surface area (Å²) in [6, 6.07) is 6.17. The number of Topliss-reactive ketones (excluding diaryl/α,β-unsaturated/α-hetero) is 1. The molecule has 1 saturated heterocycles. The third-order valence-corrected chi connectivity index (χ3v) is 7.66. The van der Waals surface area contributed by atoms with Gasteiger partial charge in [-0.2, -0.15) is 0 Å². The average molecular weight is 526 g/mol. The van der Waals surface area contributed by atoms with E-state index in [0.29, 0.717) is 12.2 Å². The number of ketones is 1. The van der Waals surface area contributed by atoms with Gasteiger partial charge in [0.1, 0.15) is 11.5 Å². The van der Waals surface area contributed by atoms with Crippen molar-refractivity contribution in [3.8, 4) is 0 Å². The summed E-state index contributed by atoms with van der Waals surface area (Å²) in [7, 11) is -3.72. The Labute approximate surface area is 204 Å². The highest BCUT2D eigenvalue weighted by atomic mass is 32.2. The number of halogens is 4. The lowest BCUT2D eigenvalue weighted by atomic mass is 10.1. The second-order valence-electron chi connectivity index (χ2n) is 9.35. The number of hydrogen-bond acceptors (Lipinski definition) is 7. The first kappa shape index (κ1) is 24.8. The molecule has 0 unspecified atom stereocenters. The molecule has 2 aliphatic heterocycles. The van der Waals surface area contributed by atoms with E-state index in [1.165, 1.54) is 12.1 Å². The number of carbonyl (C=O) groups is 1. The van der Waals surface area contributed by atoms with E-state index in [1.54, 1.807) is 12.1 Å². The molecule has 7 nitrogen and oxygen atoms in total. The van der Waals surface area contributed by atoms with Crippen LogP contribution >= 0.6 is 0 Å². The summed E-state index contributed by atoms with van der Waals surface area (Å²) < 4.78 is 84.3. The third-order valence-electron chi connectivity index (χ3n) is 6.52. The molecule has 192 valence electrons. The largest absolute Gasteiger partial charge is 0.374 e. The first-order chi connectivity index (χ1) is 16.9. The number of anilines is 2. The van der Waals surface area contributed by atoms with Crippen LogP contribution in [-0.4, -0.2) is 50.1 Å². The molecule has 2 fully saturated rings. The van der Waals surface area contributed by atoms with Crippen molar-refractivity contribution < 1.29 is 35.5 Å². The topological polar surface area (TPSA) is 97.7 Å². The molecule has 5 rings (SSSR count). The van der Waals surface area contributed by atoms with Crippen LogP contribution in [0.15, 0.2) is 34.2 Å². The van der Waals surface area contributed by atoms with E-state index in [0.717, 1.165) is 19.1 Å². The highest BCUT2D eigenvalue weighted by Crippen LogP contribution is 2.49. The molecule has 1 aromatic heterocycles. The summed E-state index contributed by atoms with van der Waals surface area (Å²) in [5.74, 6) is -5.10. The summed E-state index contributed by atoms with van der Waals surface area (Å²) in [6.07, 6.45) is -1.56. The number of nitrogens with one attached hydrogen (secondary N) is 1. The Morgan fingerprint density at radius 2 is 2.00 bits per heavy atom. The van der Waals surface area contributed by atoms with Gasteiger partial charge in [-0.1, -0.05) is 6.07 Å². The maximum atomic E-state index is 13.4. The van der Waals surface area contributed by atoms with Gasteiger partial charge in [0.05, 0.1) is 45.4 Å². The van der Waals surface area contributed by atoms with Crippen LogP contribution in [0.25, 0.3) is 0 Å². The van der Waals surface area contributed by atoms with Crippen molar-refractivity contribution in [3.05, 3.63) is 41.2 Å². The molecule has 2 atom stereocenters. The van der Waals surface area contributed by atoms with Crippen LogP contribution in [-0.2, 0) is 32.2 Å². The highest BCUT2D eigenvalue weighted by Gasteiger charge is 2.60. The summed E-state index contributed by atoms with van der Waals surface area (Å²) >= 11 is 0. The fourth-order valence-corrected chi connectivity index (χ4v) is 5.43. The summed E-state index contributed by atoms with van der Waals surface area (Å²) in [6.45, 7) is 0.584. The maximum absolute atomic E-state index is 13.4. The van der Waals surface area contributed by atoms with Crippen molar-refractivity contribution in [1.29, 1.82) is 0 Å². The number of aliphatic imine (C=N–C) groups is 1. The van der Waals surface area contributed by atoms with Crippen LogP contribution in [0.3, 0.4) is 0 Å². The van der Waals surface area contributed by atoms with E-state index in [4.69, 9.17) is 4.74 Å². The first-order valence-corrected chi connectivity index (χ1v) is 13.3. The van der Waals surface area contributed by atoms with Crippen molar-refractivity contribution in [1.82, 2.24) is 4.98 Å². The molecule has 0 amide bonds. The molecule has 0 bridgehead atoms. The molecular weight excluding hydrogens is 502 g/mol. The van der Waals surface area contributed by atoms with Crippen LogP contribution < -0.4 is 5.32 Å². The molecule has 1 N–H and O–H groups in total. The molecule has 1 aromatic carbocycles. The van der Waals surface area contributed by atoms with Crippen LogP contribution in [0.2, 0.25) is 0 Å². The Bertz CT molecular complexity index is 1370.